The molecule has 1 heterocycles. The quantitative estimate of drug-likeness (QED) is 0.660. The van der Waals surface area contributed by atoms with Gasteiger partial charge in [0.05, 0.1) is 11.8 Å². The van der Waals surface area contributed by atoms with Crippen LogP contribution in [0.15, 0.2) is 11.6 Å². The van der Waals surface area contributed by atoms with Gasteiger partial charge in [0.15, 0.2) is 10.9 Å². The molecule has 70 valence electrons. The number of ketones is 1. The van der Waals surface area contributed by atoms with E-state index in [-0.39, 0.29) is 23.4 Å². The van der Waals surface area contributed by atoms with E-state index < -0.39 is 0 Å². The van der Waals surface area contributed by atoms with E-state index in [1.807, 2.05) is 0 Å². The van der Waals surface area contributed by atoms with Gasteiger partial charge in [0, 0.05) is 11.6 Å². The number of anilines is 1. The molecule has 0 saturated heterocycles. The van der Waals surface area contributed by atoms with Gasteiger partial charge >= 0.3 is 0 Å². The van der Waals surface area contributed by atoms with E-state index in [1.54, 1.807) is 11.6 Å². The molecule has 0 aliphatic rings. The van der Waals surface area contributed by atoms with Crippen LogP contribution in [0.5, 0.6) is 0 Å². The Bertz CT molecular complexity index is 299. The van der Waals surface area contributed by atoms with Crippen LogP contribution < -0.4 is 5.32 Å². The van der Waals surface area contributed by atoms with Crippen molar-refractivity contribution in [2.45, 2.75) is 6.42 Å². The van der Waals surface area contributed by atoms with Gasteiger partial charge in [0.1, 0.15) is 0 Å². The van der Waals surface area contributed by atoms with Gasteiger partial charge in [-0.15, -0.1) is 11.3 Å². The van der Waals surface area contributed by atoms with Crippen LogP contribution in [0.4, 0.5) is 5.13 Å². The van der Waals surface area contributed by atoms with Gasteiger partial charge in [-0.1, -0.05) is 15.9 Å². The standard InChI is InChI=1S/C7H7BrN2O2S/c8-4-5(11)3-6(12)10-7-9-1-2-13-7/h1-2H,3-4H2,(H,9,10,12). The number of halogens is 1. The highest BCUT2D eigenvalue weighted by Gasteiger charge is 2.08. The second-order valence-electron chi connectivity index (χ2n) is 2.23. The van der Waals surface area contributed by atoms with Crippen LogP contribution in [0.3, 0.4) is 0 Å². The highest BCUT2D eigenvalue weighted by molar-refractivity contribution is 9.09. The molecular weight excluding hydrogens is 256 g/mol. The molecule has 1 aromatic heterocycles. The Labute approximate surface area is 87.5 Å². The Morgan fingerprint density at radius 2 is 2.38 bits per heavy atom. The molecule has 6 heteroatoms. The minimum absolute atomic E-state index is 0.106. The van der Waals surface area contributed by atoms with Gasteiger partial charge in [-0.25, -0.2) is 4.98 Å². The molecule has 1 N–H and O–H groups in total. The molecule has 0 bridgehead atoms. The van der Waals surface area contributed by atoms with Gasteiger partial charge < -0.3 is 5.32 Å². The van der Waals surface area contributed by atoms with Crippen LogP contribution in [0.25, 0.3) is 0 Å². The number of carbonyl (C=O) groups excluding carboxylic acids is 2. The summed E-state index contributed by atoms with van der Waals surface area (Å²) in [6.07, 6.45) is 1.48. The van der Waals surface area contributed by atoms with Crippen molar-refractivity contribution in [1.29, 1.82) is 0 Å². The number of Topliss-reactive ketones (excluding diaryl/α,β-unsaturated/α-hetero) is 1. The molecule has 0 saturated carbocycles. The second kappa shape index (κ2) is 5.08. The molecule has 4 nitrogen and oxygen atoms in total. The summed E-state index contributed by atoms with van der Waals surface area (Å²) in [6.45, 7) is 0. The first-order valence-electron chi connectivity index (χ1n) is 3.49. The molecule has 0 unspecified atom stereocenters. The zero-order chi connectivity index (χ0) is 9.68. The highest BCUT2D eigenvalue weighted by atomic mass is 79.9. The van der Waals surface area contributed by atoms with Crippen molar-refractivity contribution in [2.75, 3.05) is 10.6 Å². The van der Waals surface area contributed by atoms with Gasteiger partial charge in [-0.2, -0.15) is 0 Å². The van der Waals surface area contributed by atoms with Crippen molar-refractivity contribution in [1.82, 2.24) is 4.98 Å². The first-order chi connectivity index (χ1) is 6.22. The summed E-state index contributed by atoms with van der Waals surface area (Å²) in [5.41, 5.74) is 0. The fourth-order valence-electron chi connectivity index (χ4n) is 0.675. The smallest absolute Gasteiger partial charge is 0.233 e. The van der Waals surface area contributed by atoms with Gasteiger partial charge in [0.2, 0.25) is 5.91 Å². The Kier molecular flexibility index (Phi) is 4.04. The predicted molar refractivity (Wildman–Crippen MR) is 54.2 cm³/mol. The number of hydrogen-bond acceptors (Lipinski definition) is 4. The first kappa shape index (κ1) is 10.3. The van der Waals surface area contributed by atoms with Crippen LogP contribution in [-0.2, 0) is 9.59 Å². The van der Waals surface area contributed by atoms with E-state index in [9.17, 15) is 9.59 Å². The second-order valence-corrected chi connectivity index (χ2v) is 3.69. The van der Waals surface area contributed by atoms with Crippen molar-refractivity contribution >= 4 is 44.1 Å². The minimum Gasteiger partial charge on any atom is -0.302 e. The number of hydrogen-bond donors (Lipinski definition) is 1. The molecule has 0 radical (unpaired) electrons. The van der Waals surface area contributed by atoms with Gasteiger partial charge in [0.25, 0.3) is 0 Å². The predicted octanol–water partition coefficient (Wildman–Crippen LogP) is 1.44. The number of nitrogens with zero attached hydrogens (tertiary/aromatic N) is 1. The zero-order valence-electron chi connectivity index (χ0n) is 6.62. The number of amides is 1. The maximum absolute atomic E-state index is 11.1. The van der Waals surface area contributed by atoms with Crippen molar-refractivity contribution in [3.63, 3.8) is 0 Å². The lowest BCUT2D eigenvalue weighted by atomic mass is 10.3. The maximum Gasteiger partial charge on any atom is 0.233 e. The van der Waals surface area contributed by atoms with E-state index in [2.05, 4.69) is 26.2 Å². The molecule has 0 aromatic carbocycles. The summed E-state index contributed by atoms with van der Waals surface area (Å²) in [5, 5.41) is 4.99. The maximum atomic E-state index is 11.1. The third kappa shape index (κ3) is 3.65. The number of nitrogens with one attached hydrogen (secondary N) is 1. The summed E-state index contributed by atoms with van der Waals surface area (Å²) in [4.78, 5) is 25.8. The van der Waals surface area contributed by atoms with E-state index in [4.69, 9.17) is 0 Å². The Morgan fingerprint density at radius 1 is 1.62 bits per heavy atom. The molecule has 13 heavy (non-hydrogen) atoms. The Balaban J connectivity index is 2.38. The van der Waals surface area contributed by atoms with Crippen LogP contribution in [0.1, 0.15) is 6.42 Å². The monoisotopic (exact) mass is 262 g/mol. The normalized spacial score (nSPS) is 9.62. The number of thiazole rings is 1. The molecule has 0 atom stereocenters. The lowest BCUT2D eigenvalue weighted by Crippen LogP contribution is -2.16. The van der Waals surface area contributed by atoms with E-state index in [1.165, 1.54) is 11.3 Å². The SMILES string of the molecule is O=C(CBr)CC(=O)Nc1nccs1. The van der Waals surface area contributed by atoms with Gasteiger partial charge in [-0.05, 0) is 0 Å². The summed E-state index contributed by atoms with van der Waals surface area (Å²) in [5.74, 6) is -0.464. The third-order valence-electron chi connectivity index (χ3n) is 1.19. The fourth-order valence-corrected chi connectivity index (χ4v) is 1.42. The molecule has 1 amide bonds. The van der Waals surface area contributed by atoms with E-state index >= 15 is 0 Å². The molecule has 0 spiro atoms. The Hall–Kier alpha value is -0.750. The number of rotatable bonds is 4. The summed E-state index contributed by atoms with van der Waals surface area (Å²) >= 11 is 4.30. The van der Waals surface area contributed by atoms with Crippen LogP contribution in [0.2, 0.25) is 0 Å². The average molecular weight is 263 g/mol. The molecule has 0 aliphatic heterocycles. The molecular formula is C7H7BrN2O2S. The largest absolute Gasteiger partial charge is 0.302 e. The Morgan fingerprint density at radius 3 is 2.92 bits per heavy atom. The van der Waals surface area contributed by atoms with Gasteiger partial charge in [-0.3, -0.25) is 9.59 Å². The highest BCUT2D eigenvalue weighted by Crippen LogP contribution is 2.10. The zero-order valence-corrected chi connectivity index (χ0v) is 9.02. The summed E-state index contributed by atoms with van der Waals surface area (Å²) < 4.78 is 0. The van der Waals surface area contributed by atoms with Crippen LogP contribution >= 0.6 is 27.3 Å². The lowest BCUT2D eigenvalue weighted by molar-refractivity contribution is -0.123. The molecule has 1 aromatic rings. The number of aromatic nitrogens is 1. The number of carbonyl (C=O) groups is 2. The summed E-state index contributed by atoms with van der Waals surface area (Å²) in [7, 11) is 0. The third-order valence-corrected chi connectivity index (χ3v) is 2.50. The van der Waals surface area contributed by atoms with Crippen LogP contribution in [0, 0.1) is 0 Å². The molecule has 0 aliphatic carbocycles. The van der Waals surface area contributed by atoms with E-state index in [0.717, 1.165) is 0 Å². The lowest BCUT2D eigenvalue weighted by Gasteiger charge is -1.98. The van der Waals surface area contributed by atoms with Crippen molar-refractivity contribution < 1.29 is 9.59 Å². The average Bonchev–Trinajstić information content (AvgIpc) is 2.56. The van der Waals surface area contributed by atoms with Crippen LogP contribution in [-0.4, -0.2) is 22.0 Å². The van der Waals surface area contributed by atoms with Crippen molar-refractivity contribution in [3.8, 4) is 0 Å². The van der Waals surface area contributed by atoms with Crippen molar-refractivity contribution in [2.24, 2.45) is 0 Å². The minimum atomic E-state index is -0.320. The van der Waals surface area contributed by atoms with Crippen molar-refractivity contribution in [3.05, 3.63) is 11.6 Å². The topological polar surface area (TPSA) is 59.1 Å². The first-order valence-corrected chi connectivity index (χ1v) is 5.49. The van der Waals surface area contributed by atoms with E-state index in [0.29, 0.717) is 5.13 Å². The molecule has 1 rings (SSSR count). The molecule has 0 fully saturated rings. The summed E-state index contributed by atoms with van der Waals surface area (Å²) in [6, 6.07) is 0. The number of alkyl halides is 1. The fraction of sp³-hybridized carbons (Fsp3) is 0.286.